The van der Waals surface area contributed by atoms with Gasteiger partial charge in [-0.1, -0.05) is 25.7 Å². The summed E-state index contributed by atoms with van der Waals surface area (Å²) in [6, 6.07) is 0.0184. The molecule has 16 heavy (non-hydrogen) atoms. The highest BCUT2D eigenvalue weighted by molar-refractivity contribution is 14.1. The van der Waals surface area contributed by atoms with E-state index in [1.54, 1.807) is 17.8 Å². The number of fused-ring (bicyclic) bond motifs is 1. The first-order valence-electron chi connectivity index (χ1n) is 5.07. The van der Waals surface area contributed by atoms with Gasteiger partial charge in [-0.05, 0) is 27.1 Å². The largest absolute Gasteiger partial charge is 0.271 e. The van der Waals surface area contributed by atoms with Gasteiger partial charge in [0.25, 0.3) is 5.91 Å². The van der Waals surface area contributed by atoms with Gasteiger partial charge in [0.15, 0.2) is 0 Å². The van der Waals surface area contributed by atoms with Crippen molar-refractivity contribution in [1.82, 2.24) is 5.01 Å². The number of hydrogen-bond acceptors (Lipinski definition) is 3. The fourth-order valence-corrected chi connectivity index (χ4v) is 9.59. The van der Waals surface area contributed by atoms with Gasteiger partial charge in [0.2, 0.25) is 0 Å². The summed E-state index contributed by atoms with van der Waals surface area (Å²) in [6.45, 7) is 10.7. The number of rotatable bonds is 2. The molecule has 0 aliphatic carbocycles. The molecule has 2 atom stereocenters. The van der Waals surface area contributed by atoms with Crippen LogP contribution in [0.2, 0.25) is 19.6 Å². The molecule has 3 nitrogen and oxygen atoms in total. The highest BCUT2D eigenvalue weighted by atomic mass is 127. The van der Waals surface area contributed by atoms with Crippen molar-refractivity contribution in [3.63, 3.8) is 0 Å². The number of nitrogens with zero attached hydrogens (tertiary/aromatic N) is 1. The molecular weight excluding hydrogens is 351 g/mol. The Kier molecular flexibility index (Phi) is 2.85. The van der Waals surface area contributed by atoms with Gasteiger partial charge in [-0.15, -0.1) is 18.3 Å². The minimum absolute atomic E-state index is 0.0140. The van der Waals surface area contributed by atoms with Crippen molar-refractivity contribution in [2.24, 2.45) is 5.84 Å². The third-order valence-corrected chi connectivity index (χ3v) is 10.1. The van der Waals surface area contributed by atoms with Crippen LogP contribution in [-0.2, 0) is 4.79 Å². The van der Waals surface area contributed by atoms with Gasteiger partial charge in [-0.2, -0.15) is 0 Å². The van der Waals surface area contributed by atoms with Crippen molar-refractivity contribution >= 4 is 48.3 Å². The van der Waals surface area contributed by atoms with Gasteiger partial charge >= 0.3 is 0 Å². The van der Waals surface area contributed by atoms with Crippen molar-refractivity contribution < 1.29 is 4.79 Å². The van der Waals surface area contributed by atoms with E-state index in [1.807, 2.05) is 0 Å². The van der Waals surface area contributed by atoms with Crippen LogP contribution in [0.1, 0.15) is 0 Å². The summed E-state index contributed by atoms with van der Waals surface area (Å²) in [5.41, 5.74) is 0. The molecule has 88 valence electrons. The van der Waals surface area contributed by atoms with E-state index in [0.29, 0.717) is 0 Å². The molecule has 0 radical (unpaired) electrons. The zero-order valence-corrected chi connectivity index (χ0v) is 13.6. The van der Waals surface area contributed by atoms with Crippen LogP contribution in [0.25, 0.3) is 0 Å². The minimum Gasteiger partial charge on any atom is -0.271 e. The summed E-state index contributed by atoms with van der Waals surface area (Å²) in [7, 11) is -1.40. The number of hydrogen-bond donors (Lipinski definition) is 1. The van der Waals surface area contributed by atoms with E-state index >= 15 is 0 Å². The Hall–Kier alpha value is 0.207. The summed E-state index contributed by atoms with van der Waals surface area (Å²) < 4.78 is 2.13. The fraction of sp³-hybridized carbons (Fsp3) is 0.500. The van der Waals surface area contributed by atoms with Gasteiger partial charge in [-0.3, -0.25) is 9.80 Å². The van der Waals surface area contributed by atoms with E-state index in [4.69, 9.17) is 5.84 Å². The Morgan fingerprint density at radius 3 is 2.56 bits per heavy atom. The molecule has 2 unspecified atom stereocenters. The van der Waals surface area contributed by atoms with E-state index in [9.17, 15) is 4.79 Å². The quantitative estimate of drug-likeness (QED) is 0.204. The van der Waals surface area contributed by atoms with E-state index in [-0.39, 0.29) is 11.9 Å². The standard InChI is InChI=1S/C10H15IN2OSSi/c1-5-10-7(13(12)9(10)14)6(11)8(15-10)16(2,3)4/h5,7H,1,12H2,2-4H3. The number of carbonyl (C=O) groups excluding carboxylic acids is 1. The van der Waals surface area contributed by atoms with Gasteiger partial charge in [0.05, 0.1) is 8.07 Å². The average molecular weight is 366 g/mol. The molecule has 0 aromatic rings. The van der Waals surface area contributed by atoms with Crippen LogP contribution in [-0.4, -0.2) is 29.8 Å². The Labute approximate surface area is 115 Å². The Morgan fingerprint density at radius 1 is 1.62 bits per heavy atom. The molecule has 0 aromatic carbocycles. The first-order valence-corrected chi connectivity index (χ1v) is 10.5. The second-order valence-electron chi connectivity index (χ2n) is 5.14. The maximum absolute atomic E-state index is 11.9. The molecule has 0 aromatic heterocycles. The van der Waals surface area contributed by atoms with E-state index < -0.39 is 12.8 Å². The lowest BCUT2D eigenvalue weighted by molar-refractivity contribution is -0.146. The minimum atomic E-state index is -1.40. The molecule has 2 rings (SSSR count). The highest BCUT2D eigenvalue weighted by Crippen LogP contribution is 2.59. The topological polar surface area (TPSA) is 46.3 Å². The number of hydrazine groups is 1. The first kappa shape index (κ1) is 12.7. The molecule has 1 amide bonds. The molecule has 2 aliphatic heterocycles. The molecule has 2 heterocycles. The van der Waals surface area contributed by atoms with E-state index in [0.717, 1.165) is 0 Å². The molecule has 0 spiro atoms. The number of β-lactam (4-membered cyclic amide) rings is 1. The smallest absolute Gasteiger partial charge is 0.260 e. The summed E-state index contributed by atoms with van der Waals surface area (Å²) in [6.07, 6.45) is 1.76. The lowest BCUT2D eigenvalue weighted by atomic mass is 9.88. The summed E-state index contributed by atoms with van der Waals surface area (Å²) in [4.78, 5) is 11.9. The number of halogens is 1. The van der Waals surface area contributed by atoms with Crippen LogP contribution in [0.4, 0.5) is 0 Å². The van der Waals surface area contributed by atoms with Crippen LogP contribution in [0.3, 0.4) is 0 Å². The molecule has 0 bridgehead atoms. The van der Waals surface area contributed by atoms with Gasteiger partial charge in [-0.25, -0.2) is 5.84 Å². The zero-order chi connectivity index (χ0) is 12.3. The number of amides is 1. The van der Waals surface area contributed by atoms with E-state index in [1.165, 1.54) is 13.1 Å². The second-order valence-corrected chi connectivity index (χ2v) is 13.0. The third-order valence-electron chi connectivity index (χ3n) is 2.97. The highest BCUT2D eigenvalue weighted by Gasteiger charge is 2.65. The van der Waals surface area contributed by atoms with Gasteiger partial charge < -0.3 is 0 Å². The monoisotopic (exact) mass is 366 g/mol. The van der Waals surface area contributed by atoms with Crippen LogP contribution in [0.5, 0.6) is 0 Å². The van der Waals surface area contributed by atoms with Crippen LogP contribution < -0.4 is 5.84 Å². The Bertz CT molecular complexity index is 418. The van der Waals surface area contributed by atoms with Crippen molar-refractivity contribution in [1.29, 1.82) is 0 Å². The van der Waals surface area contributed by atoms with Crippen LogP contribution >= 0.6 is 34.4 Å². The second kappa shape index (κ2) is 3.60. The maximum atomic E-state index is 11.9. The summed E-state index contributed by atoms with van der Waals surface area (Å²) >= 11 is 4.02. The zero-order valence-electron chi connectivity index (χ0n) is 9.58. The van der Waals surface area contributed by atoms with Gasteiger partial charge in [0.1, 0.15) is 10.8 Å². The number of thioether (sulfide) groups is 1. The predicted molar refractivity (Wildman–Crippen MR) is 79.7 cm³/mol. The lowest BCUT2D eigenvalue weighted by Crippen LogP contribution is -2.72. The SMILES string of the molecule is C=CC12SC([Si](C)(C)C)=C(I)C1N(N)C2=O. The lowest BCUT2D eigenvalue weighted by Gasteiger charge is -2.48. The Morgan fingerprint density at radius 2 is 2.19 bits per heavy atom. The van der Waals surface area contributed by atoms with Crippen molar-refractivity contribution in [3.8, 4) is 0 Å². The summed E-state index contributed by atoms with van der Waals surface area (Å²) in [5.74, 6) is 5.75. The van der Waals surface area contributed by atoms with Gasteiger partial charge in [0, 0.05) is 3.58 Å². The molecule has 2 aliphatic rings. The number of nitrogens with two attached hydrogens (primary N) is 1. The molecule has 1 fully saturated rings. The van der Waals surface area contributed by atoms with Crippen LogP contribution in [0.15, 0.2) is 20.8 Å². The van der Waals surface area contributed by atoms with E-state index in [2.05, 4.69) is 48.8 Å². The molecule has 6 heteroatoms. The maximum Gasteiger partial charge on any atom is 0.260 e. The van der Waals surface area contributed by atoms with Crippen molar-refractivity contribution in [3.05, 3.63) is 20.8 Å². The summed E-state index contributed by atoms with van der Waals surface area (Å²) in [5, 5.41) is 1.35. The fourth-order valence-electron chi connectivity index (χ4n) is 2.08. The average Bonchev–Trinajstić information content (AvgIpc) is 2.47. The Balaban J connectivity index is 2.46. The third kappa shape index (κ3) is 1.39. The molecular formula is C10H15IN2OSSi. The number of carbonyl (C=O) groups is 1. The first-order chi connectivity index (χ1) is 7.25. The molecule has 1 saturated heterocycles. The molecule has 0 saturated carbocycles. The molecule has 2 N–H and O–H groups in total. The van der Waals surface area contributed by atoms with Crippen molar-refractivity contribution in [2.75, 3.05) is 0 Å². The van der Waals surface area contributed by atoms with Crippen LogP contribution in [0, 0.1) is 0 Å². The predicted octanol–water partition coefficient (Wildman–Crippen LogP) is 2.27. The van der Waals surface area contributed by atoms with Crippen molar-refractivity contribution in [2.45, 2.75) is 30.4 Å². The normalized spacial score (nSPS) is 33.9.